The standard InChI is InChI=1S/C32H24FN3O4/c1-19-17-21(15-16-26(19)40-18-20-9-3-2-4-10-20)29(37)27-28(22-11-5-6-12-23(22)33)36(31(39)30(27)38)32-34-24-13-7-8-14-25(24)35-32/h2-17,28,37H,18H2,1H3,(H,34,35)/b29-27+. The summed E-state index contributed by atoms with van der Waals surface area (Å²) in [5.41, 5.74) is 3.07. The first-order valence-corrected chi connectivity index (χ1v) is 12.7. The zero-order chi connectivity index (χ0) is 27.8. The van der Waals surface area contributed by atoms with Crippen LogP contribution in [0.25, 0.3) is 16.8 Å². The lowest BCUT2D eigenvalue weighted by Crippen LogP contribution is -2.30. The molecule has 1 aliphatic rings. The van der Waals surface area contributed by atoms with Gasteiger partial charge in [0.15, 0.2) is 0 Å². The van der Waals surface area contributed by atoms with E-state index >= 15 is 4.39 Å². The molecule has 0 radical (unpaired) electrons. The number of aryl methyl sites for hydroxylation is 1. The first-order valence-electron chi connectivity index (χ1n) is 12.7. The SMILES string of the molecule is Cc1cc(/C(O)=C2\C(=O)C(=O)N(c3nc4ccccc4[nH]3)C2c2ccccc2F)ccc1OCc1ccccc1. The van der Waals surface area contributed by atoms with E-state index in [-0.39, 0.29) is 17.1 Å². The molecule has 2 N–H and O–H groups in total. The van der Waals surface area contributed by atoms with Crippen LogP contribution in [0.4, 0.5) is 10.3 Å². The van der Waals surface area contributed by atoms with Crippen LogP contribution in [-0.2, 0) is 16.2 Å². The van der Waals surface area contributed by atoms with Crippen molar-refractivity contribution in [1.29, 1.82) is 0 Å². The maximum Gasteiger partial charge on any atom is 0.302 e. The fourth-order valence-electron chi connectivity index (χ4n) is 4.94. The van der Waals surface area contributed by atoms with Crippen LogP contribution < -0.4 is 9.64 Å². The van der Waals surface area contributed by atoms with E-state index < -0.39 is 29.3 Å². The lowest BCUT2D eigenvalue weighted by Gasteiger charge is -2.23. The number of para-hydroxylation sites is 2. The van der Waals surface area contributed by atoms with Crippen molar-refractivity contribution in [2.24, 2.45) is 0 Å². The molecule has 0 aliphatic carbocycles. The molecule has 4 aromatic carbocycles. The zero-order valence-electron chi connectivity index (χ0n) is 21.5. The first kappa shape index (κ1) is 25.1. The molecule has 1 saturated heterocycles. The number of rotatable bonds is 6. The van der Waals surface area contributed by atoms with Gasteiger partial charge in [-0.3, -0.25) is 14.5 Å². The fourth-order valence-corrected chi connectivity index (χ4v) is 4.94. The molecule has 1 amide bonds. The highest BCUT2D eigenvalue weighted by atomic mass is 19.1. The van der Waals surface area contributed by atoms with Crippen molar-refractivity contribution in [2.45, 2.75) is 19.6 Å². The molecule has 7 nitrogen and oxygen atoms in total. The predicted octanol–water partition coefficient (Wildman–Crippen LogP) is 6.22. The second-order valence-corrected chi connectivity index (χ2v) is 9.52. The number of H-pyrrole nitrogens is 1. The summed E-state index contributed by atoms with van der Waals surface area (Å²) < 4.78 is 21.1. The van der Waals surface area contributed by atoms with Gasteiger partial charge in [0.05, 0.1) is 16.6 Å². The van der Waals surface area contributed by atoms with E-state index in [0.717, 1.165) is 10.5 Å². The molecule has 40 heavy (non-hydrogen) atoms. The number of aliphatic hydroxyl groups is 1. The molecular formula is C32H24FN3O4. The normalized spacial score (nSPS) is 16.6. The van der Waals surface area contributed by atoms with E-state index in [2.05, 4.69) is 9.97 Å². The number of carbonyl (C=O) groups excluding carboxylic acids is 2. The molecule has 1 aromatic heterocycles. The number of Topliss-reactive ketones (excluding diaryl/α,β-unsaturated/α-hetero) is 1. The van der Waals surface area contributed by atoms with Gasteiger partial charge in [0, 0.05) is 11.1 Å². The molecule has 198 valence electrons. The first-order chi connectivity index (χ1) is 19.4. The minimum Gasteiger partial charge on any atom is -0.507 e. The monoisotopic (exact) mass is 533 g/mol. The minimum absolute atomic E-state index is 0.0586. The van der Waals surface area contributed by atoms with Crippen molar-refractivity contribution in [3.05, 3.63) is 131 Å². The third kappa shape index (κ3) is 4.39. The predicted molar refractivity (Wildman–Crippen MR) is 149 cm³/mol. The Morgan fingerprint density at radius 1 is 0.975 bits per heavy atom. The summed E-state index contributed by atoms with van der Waals surface area (Å²) in [6, 6.07) is 26.4. The number of amides is 1. The lowest BCUT2D eigenvalue weighted by atomic mass is 9.94. The topological polar surface area (TPSA) is 95.5 Å². The maximum atomic E-state index is 15.2. The molecule has 5 aromatic rings. The summed E-state index contributed by atoms with van der Waals surface area (Å²) in [4.78, 5) is 35.5. The Bertz CT molecular complexity index is 1760. The third-order valence-corrected chi connectivity index (χ3v) is 6.93. The number of nitrogens with zero attached hydrogens (tertiary/aromatic N) is 2. The zero-order valence-corrected chi connectivity index (χ0v) is 21.5. The summed E-state index contributed by atoms with van der Waals surface area (Å²) in [6.45, 7) is 2.18. The van der Waals surface area contributed by atoms with Crippen LogP contribution in [0.5, 0.6) is 5.75 Å². The van der Waals surface area contributed by atoms with Gasteiger partial charge in [-0.05, 0) is 54.4 Å². The Kier molecular flexibility index (Phi) is 6.36. The quantitative estimate of drug-likeness (QED) is 0.154. The molecule has 0 saturated carbocycles. The summed E-state index contributed by atoms with van der Waals surface area (Å²) in [5.74, 6) is -2.21. The number of halogens is 1. The van der Waals surface area contributed by atoms with Gasteiger partial charge in [-0.1, -0.05) is 60.7 Å². The number of aromatic amines is 1. The molecule has 8 heteroatoms. The van der Waals surface area contributed by atoms with Crippen LogP contribution in [-0.4, -0.2) is 26.8 Å². The Labute approximate surface area is 229 Å². The van der Waals surface area contributed by atoms with Crippen molar-refractivity contribution >= 4 is 34.4 Å². The summed E-state index contributed by atoms with van der Waals surface area (Å²) >= 11 is 0. The number of carbonyl (C=O) groups is 2. The molecular weight excluding hydrogens is 509 g/mol. The van der Waals surface area contributed by atoms with Gasteiger partial charge in [0.25, 0.3) is 5.78 Å². The van der Waals surface area contributed by atoms with E-state index in [9.17, 15) is 14.7 Å². The summed E-state index contributed by atoms with van der Waals surface area (Å²) in [5, 5.41) is 11.4. The molecule has 0 bridgehead atoms. The van der Waals surface area contributed by atoms with Crippen LogP contribution in [0.2, 0.25) is 0 Å². The summed E-state index contributed by atoms with van der Waals surface area (Å²) in [6.07, 6.45) is 0. The number of aliphatic hydroxyl groups excluding tert-OH is 1. The van der Waals surface area contributed by atoms with E-state index in [1.165, 1.54) is 18.2 Å². The van der Waals surface area contributed by atoms with Crippen molar-refractivity contribution in [2.75, 3.05) is 4.90 Å². The van der Waals surface area contributed by atoms with Gasteiger partial charge in [-0.15, -0.1) is 0 Å². The number of nitrogens with one attached hydrogen (secondary N) is 1. The van der Waals surface area contributed by atoms with Gasteiger partial charge in [-0.25, -0.2) is 9.37 Å². The largest absolute Gasteiger partial charge is 0.507 e. The van der Waals surface area contributed by atoms with Crippen LogP contribution in [0, 0.1) is 12.7 Å². The lowest BCUT2D eigenvalue weighted by molar-refractivity contribution is -0.132. The molecule has 0 spiro atoms. The fraction of sp³-hybridized carbons (Fsp3) is 0.0938. The van der Waals surface area contributed by atoms with Gasteiger partial charge in [0.1, 0.15) is 30.0 Å². The Balaban J connectivity index is 1.43. The van der Waals surface area contributed by atoms with Crippen LogP contribution in [0.3, 0.4) is 0 Å². The Hall–Kier alpha value is -5.24. The second kappa shape index (κ2) is 10.1. The number of hydrogen-bond donors (Lipinski definition) is 2. The number of ketones is 1. The highest BCUT2D eigenvalue weighted by Gasteiger charge is 2.49. The number of anilines is 1. The molecule has 6 rings (SSSR count). The van der Waals surface area contributed by atoms with Gasteiger partial charge >= 0.3 is 5.91 Å². The average molecular weight is 534 g/mol. The van der Waals surface area contributed by atoms with E-state index in [1.54, 1.807) is 42.5 Å². The van der Waals surface area contributed by atoms with Gasteiger partial charge < -0.3 is 14.8 Å². The number of benzene rings is 4. The van der Waals surface area contributed by atoms with E-state index in [1.807, 2.05) is 43.3 Å². The van der Waals surface area contributed by atoms with Gasteiger partial charge in [0.2, 0.25) is 5.95 Å². The Morgan fingerprint density at radius 3 is 2.45 bits per heavy atom. The Morgan fingerprint density at radius 2 is 1.70 bits per heavy atom. The van der Waals surface area contributed by atoms with Crippen molar-refractivity contribution in [1.82, 2.24) is 9.97 Å². The summed E-state index contributed by atoms with van der Waals surface area (Å²) in [7, 11) is 0. The number of hydrogen-bond acceptors (Lipinski definition) is 5. The molecule has 2 heterocycles. The second-order valence-electron chi connectivity index (χ2n) is 9.52. The molecule has 1 unspecified atom stereocenters. The highest BCUT2D eigenvalue weighted by Crippen LogP contribution is 2.42. The van der Waals surface area contributed by atoms with Crippen LogP contribution >= 0.6 is 0 Å². The number of ether oxygens (including phenoxy) is 1. The van der Waals surface area contributed by atoms with E-state index in [4.69, 9.17) is 4.74 Å². The van der Waals surface area contributed by atoms with Gasteiger partial charge in [-0.2, -0.15) is 0 Å². The molecule has 1 atom stereocenters. The number of imidazole rings is 1. The van der Waals surface area contributed by atoms with Crippen molar-refractivity contribution < 1.29 is 23.8 Å². The average Bonchev–Trinajstić information content (AvgIpc) is 3.51. The maximum absolute atomic E-state index is 15.2. The van der Waals surface area contributed by atoms with E-state index in [0.29, 0.717) is 34.5 Å². The minimum atomic E-state index is -1.24. The van der Waals surface area contributed by atoms with Crippen LogP contribution in [0.15, 0.2) is 103 Å². The molecule has 1 aliphatic heterocycles. The molecule has 1 fully saturated rings. The third-order valence-electron chi connectivity index (χ3n) is 6.93. The van der Waals surface area contributed by atoms with Crippen molar-refractivity contribution in [3.63, 3.8) is 0 Å². The van der Waals surface area contributed by atoms with Crippen LogP contribution in [0.1, 0.15) is 28.3 Å². The number of aromatic nitrogens is 2. The smallest absolute Gasteiger partial charge is 0.302 e. The number of fused-ring (bicyclic) bond motifs is 1. The highest BCUT2D eigenvalue weighted by molar-refractivity contribution is 6.51. The van der Waals surface area contributed by atoms with Crippen molar-refractivity contribution in [3.8, 4) is 5.75 Å².